The zero-order valence-corrected chi connectivity index (χ0v) is 20.2. The molecule has 2 N–H and O–H groups in total. The topological polar surface area (TPSA) is 86.7 Å². The summed E-state index contributed by atoms with van der Waals surface area (Å²) in [6.07, 6.45) is 0.501. The summed E-state index contributed by atoms with van der Waals surface area (Å²) < 4.78 is 13.3. The highest BCUT2D eigenvalue weighted by Crippen LogP contribution is 2.29. The van der Waals surface area contributed by atoms with Gasteiger partial charge in [-0.25, -0.2) is 9.18 Å². The first-order valence-electron chi connectivity index (χ1n) is 11.2. The molecule has 0 saturated heterocycles. The maximum absolute atomic E-state index is 13.3. The fourth-order valence-electron chi connectivity index (χ4n) is 3.75. The molecule has 0 aliphatic heterocycles. The number of aryl methyl sites for hydroxylation is 1. The standard InChI is InChI=1S/C27H26ClFN2O4/c1-3-31(24-15-19(8-7-17(24)2)18-9-12-21(29)13-10-18)26(33)6-4-5-25(32)30-23-14-11-20(28)16-22(23)27(34)35/h7-16H,3-6H2,1-2H3,(H,30,32)(H,34,35). The number of nitrogens with zero attached hydrogens (tertiary/aromatic N) is 1. The second kappa shape index (κ2) is 11.6. The molecule has 0 aliphatic rings. The molecule has 0 spiro atoms. The first kappa shape index (κ1) is 25.9. The first-order valence-corrected chi connectivity index (χ1v) is 11.6. The number of aromatic carboxylic acids is 1. The van der Waals surface area contributed by atoms with Gasteiger partial charge in [-0.15, -0.1) is 0 Å². The number of benzene rings is 3. The summed E-state index contributed by atoms with van der Waals surface area (Å²) in [5.41, 5.74) is 3.45. The number of nitrogens with one attached hydrogen (secondary N) is 1. The lowest BCUT2D eigenvalue weighted by Gasteiger charge is -2.24. The SMILES string of the molecule is CCN(C(=O)CCCC(=O)Nc1ccc(Cl)cc1C(=O)O)c1cc(-c2ccc(F)cc2)ccc1C. The van der Waals surface area contributed by atoms with E-state index in [1.54, 1.807) is 17.0 Å². The maximum Gasteiger partial charge on any atom is 0.337 e. The molecule has 3 aromatic carbocycles. The van der Waals surface area contributed by atoms with Crippen LogP contribution < -0.4 is 10.2 Å². The van der Waals surface area contributed by atoms with Crippen LogP contribution in [0.5, 0.6) is 0 Å². The molecule has 0 bridgehead atoms. The molecule has 182 valence electrons. The van der Waals surface area contributed by atoms with Crippen molar-refractivity contribution in [3.8, 4) is 11.1 Å². The van der Waals surface area contributed by atoms with Gasteiger partial charge in [0.2, 0.25) is 11.8 Å². The number of carboxylic acid groups (broad SMARTS) is 1. The number of carbonyl (C=O) groups is 3. The average molecular weight is 497 g/mol. The van der Waals surface area contributed by atoms with E-state index < -0.39 is 5.97 Å². The van der Waals surface area contributed by atoms with Gasteiger partial charge in [0.05, 0.1) is 11.3 Å². The predicted molar refractivity (Wildman–Crippen MR) is 135 cm³/mol. The zero-order valence-electron chi connectivity index (χ0n) is 19.5. The molecule has 8 heteroatoms. The van der Waals surface area contributed by atoms with Gasteiger partial charge in [0.15, 0.2) is 0 Å². The normalized spacial score (nSPS) is 10.6. The minimum atomic E-state index is -1.20. The van der Waals surface area contributed by atoms with E-state index in [0.717, 1.165) is 22.4 Å². The van der Waals surface area contributed by atoms with Crippen molar-refractivity contribution >= 4 is 40.8 Å². The largest absolute Gasteiger partial charge is 0.478 e. The van der Waals surface area contributed by atoms with Gasteiger partial charge in [0.1, 0.15) is 5.82 Å². The molecule has 35 heavy (non-hydrogen) atoms. The number of halogens is 2. The molecule has 2 amide bonds. The summed E-state index contributed by atoms with van der Waals surface area (Å²) in [5.74, 6) is -2.03. The van der Waals surface area contributed by atoms with Gasteiger partial charge in [0, 0.05) is 30.1 Å². The van der Waals surface area contributed by atoms with Crippen molar-refractivity contribution in [2.75, 3.05) is 16.8 Å². The molecule has 0 aromatic heterocycles. The average Bonchev–Trinajstić information content (AvgIpc) is 2.82. The van der Waals surface area contributed by atoms with E-state index in [-0.39, 0.29) is 46.7 Å². The Labute approximate surface area is 208 Å². The molecule has 3 aromatic rings. The number of rotatable bonds is 9. The van der Waals surface area contributed by atoms with E-state index in [9.17, 15) is 23.9 Å². The lowest BCUT2D eigenvalue weighted by molar-refractivity contribution is -0.119. The van der Waals surface area contributed by atoms with Crippen LogP contribution in [0.2, 0.25) is 5.02 Å². The van der Waals surface area contributed by atoms with E-state index in [2.05, 4.69) is 5.32 Å². The summed E-state index contributed by atoms with van der Waals surface area (Å²) in [4.78, 5) is 38.4. The van der Waals surface area contributed by atoms with Crippen LogP contribution in [0.15, 0.2) is 60.7 Å². The van der Waals surface area contributed by atoms with E-state index >= 15 is 0 Å². The molecule has 0 saturated carbocycles. The first-order chi connectivity index (χ1) is 16.7. The highest BCUT2D eigenvalue weighted by molar-refractivity contribution is 6.31. The van der Waals surface area contributed by atoms with Crippen LogP contribution in [0.25, 0.3) is 11.1 Å². The molecule has 6 nitrogen and oxygen atoms in total. The Bertz CT molecular complexity index is 1240. The van der Waals surface area contributed by atoms with Gasteiger partial charge in [-0.1, -0.05) is 35.9 Å². The van der Waals surface area contributed by atoms with E-state index in [4.69, 9.17) is 11.6 Å². The van der Waals surface area contributed by atoms with Crippen molar-refractivity contribution in [1.82, 2.24) is 0 Å². The second-order valence-corrected chi connectivity index (χ2v) is 8.48. The number of amides is 2. The fourth-order valence-corrected chi connectivity index (χ4v) is 3.93. The smallest absolute Gasteiger partial charge is 0.337 e. The Kier molecular flexibility index (Phi) is 8.60. The van der Waals surface area contributed by atoms with Crippen LogP contribution in [0, 0.1) is 12.7 Å². The molecular weight excluding hydrogens is 471 g/mol. The summed E-state index contributed by atoms with van der Waals surface area (Å²) in [5, 5.41) is 12.1. The maximum atomic E-state index is 13.3. The molecule has 0 unspecified atom stereocenters. The third-order valence-corrected chi connectivity index (χ3v) is 5.81. The Balaban J connectivity index is 1.64. The minimum Gasteiger partial charge on any atom is -0.478 e. The monoisotopic (exact) mass is 496 g/mol. The van der Waals surface area contributed by atoms with Gasteiger partial charge >= 0.3 is 5.97 Å². The van der Waals surface area contributed by atoms with E-state index in [0.29, 0.717) is 13.0 Å². The van der Waals surface area contributed by atoms with Crippen LogP contribution in [-0.4, -0.2) is 29.4 Å². The summed E-state index contributed by atoms with van der Waals surface area (Å²) in [7, 11) is 0. The van der Waals surface area contributed by atoms with Crippen molar-refractivity contribution in [1.29, 1.82) is 0 Å². The van der Waals surface area contributed by atoms with Gasteiger partial charge in [-0.2, -0.15) is 0 Å². The summed E-state index contributed by atoms with van der Waals surface area (Å²) in [6, 6.07) is 16.1. The molecule has 0 heterocycles. The number of carbonyl (C=O) groups excluding carboxylic acids is 2. The van der Waals surface area contributed by atoms with Crippen LogP contribution in [0.4, 0.5) is 15.8 Å². The van der Waals surface area contributed by atoms with Crippen LogP contribution in [0.1, 0.15) is 42.1 Å². The summed E-state index contributed by atoms with van der Waals surface area (Å²) >= 11 is 5.84. The van der Waals surface area contributed by atoms with Gasteiger partial charge in [0.25, 0.3) is 0 Å². The Morgan fingerprint density at radius 2 is 1.66 bits per heavy atom. The molecular formula is C27H26ClFN2O4. The number of carboxylic acids is 1. The predicted octanol–water partition coefficient (Wildman–Crippen LogP) is 6.31. The summed E-state index contributed by atoms with van der Waals surface area (Å²) in [6.45, 7) is 4.24. The van der Waals surface area contributed by atoms with Crippen LogP contribution in [0.3, 0.4) is 0 Å². The van der Waals surface area contributed by atoms with Crippen molar-refractivity contribution in [3.63, 3.8) is 0 Å². The second-order valence-electron chi connectivity index (χ2n) is 8.04. The quantitative estimate of drug-likeness (QED) is 0.363. The van der Waals surface area contributed by atoms with Gasteiger partial charge < -0.3 is 15.3 Å². The third-order valence-electron chi connectivity index (χ3n) is 5.58. The molecule has 0 atom stereocenters. The number of hydrogen-bond donors (Lipinski definition) is 2. The fraction of sp³-hybridized carbons (Fsp3) is 0.222. The van der Waals surface area contributed by atoms with Gasteiger partial charge in [-0.05, 0) is 73.4 Å². The van der Waals surface area contributed by atoms with Gasteiger partial charge in [-0.3, -0.25) is 9.59 Å². The van der Waals surface area contributed by atoms with Crippen molar-refractivity contribution < 1.29 is 23.9 Å². The minimum absolute atomic E-state index is 0.0551. The molecule has 0 fully saturated rings. The Morgan fingerprint density at radius 1 is 0.971 bits per heavy atom. The van der Waals surface area contributed by atoms with E-state index in [1.165, 1.54) is 30.3 Å². The van der Waals surface area contributed by atoms with Crippen molar-refractivity contribution in [2.24, 2.45) is 0 Å². The van der Waals surface area contributed by atoms with E-state index in [1.807, 2.05) is 32.0 Å². The van der Waals surface area contributed by atoms with Crippen molar-refractivity contribution in [3.05, 3.63) is 82.6 Å². The highest BCUT2D eigenvalue weighted by atomic mass is 35.5. The van der Waals surface area contributed by atoms with Crippen molar-refractivity contribution in [2.45, 2.75) is 33.1 Å². The lowest BCUT2D eigenvalue weighted by atomic mass is 10.0. The Hall–Kier alpha value is -3.71. The third kappa shape index (κ3) is 6.67. The molecule has 0 aliphatic carbocycles. The number of hydrogen-bond acceptors (Lipinski definition) is 3. The highest BCUT2D eigenvalue weighted by Gasteiger charge is 2.18. The van der Waals surface area contributed by atoms with Crippen LogP contribution in [-0.2, 0) is 9.59 Å². The molecule has 0 radical (unpaired) electrons. The lowest BCUT2D eigenvalue weighted by Crippen LogP contribution is -2.31. The zero-order chi connectivity index (χ0) is 25.5. The number of anilines is 2. The molecule has 3 rings (SSSR count). The van der Waals surface area contributed by atoms with Crippen LogP contribution >= 0.6 is 11.6 Å². The Morgan fingerprint density at radius 3 is 2.31 bits per heavy atom.